The molecule has 3 aromatic heterocycles. The Morgan fingerprint density at radius 3 is 2.94 bits per heavy atom. The van der Waals surface area contributed by atoms with Crippen LogP contribution in [-0.4, -0.2) is 45.8 Å². The van der Waals surface area contributed by atoms with Crippen molar-refractivity contribution < 1.29 is 14.3 Å². The highest BCUT2D eigenvalue weighted by Gasteiger charge is 2.16. The number of ether oxygens (including phenoxy) is 2. The summed E-state index contributed by atoms with van der Waals surface area (Å²) < 4.78 is 11.3. The number of nitrogens with zero attached hydrogens (tertiary/aromatic N) is 4. The Bertz CT molecular complexity index is 1380. The molecule has 2 N–H and O–H groups in total. The molecule has 0 radical (unpaired) electrons. The molecular weight excluding hydrogens is 420 g/mol. The van der Waals surface area contributed by atoms with Crippen molar-refractivity contribution in [3.05, 3.63) is 65.4 Å². The van der Waals surface area contributed by atoms with Crippen molar-refractivity contribution in [2.75, 3.05) is 13.7 Å². The summed E-state index contributed by atoms with van der Waals surface area (Å²) in [5, 5.41) is 3.73. The summed E-state index contributed by atoms with van der Waals surface area (Å²) in [6.45, 7) is 3.32. The van der Waals surface area contributed by atoms with Gasteiger partial charge in [0.25, 0.3) is 5.91 Å². The molecule has 166 valence electrons. The predicted molar refractivity (Wildman–Crippen MR) is 124 cm³/mol. The highest BCUT2D eigenvalue weighted by atomic mass is 16.5. The number of nitrogens with one attached hydrogen (secondary N) is 2. The number of pyridine rings is 2. The van der Waals surface area contributed by atoms with Crippen LogP contribution < -0.4 is 14.8 Å². The van der Waals surface area contributed by atoms with Gasteiger partial charge in [0.2, 0.25) is 5.88 Å². The molecule has 1 amide bonds. The largest absolute Gasteiger partial charge is 0.493 e. The molecule has 4 heterocycles. The average Bonchev–Trinajstić information content (AvgIpc) is 3.44. The zero-order valence-electron chi connectivity index (χ0n) is 18.3. The number of aromatic nitrogens is 4. The van der Waals surface area contributed by atoms with E-state index >= 15 is 0 Å². The molecular formula is C24H22N6O3. The van der Waals surface area contributed by atoms with Crippen LogP contribution >= 0.6 is 0 Å². The average molecular weight is 442 g/mol. The Balaban J connectivity index is 1.46. The molecule has 1 aromatic carbocycles. The quantitative estimate of drug-likeness (QED) is 0.454. The van der Waals surface area contributed by atoms with Crippen molar-refractivity contribution in [1.82, 2.24) is 25.3 Å². The number of benzene rings is 1. The van der Waals surface area contributed by atoms with Crippen LogP contribution in [0.25, 0.3) is 22.2 Å². The number of hydrogen-bond donors (Lipinski definition) is 2. The molecule has 0 aliphatic carbocycles. The van der Waals surface area contributed by atoms with Gasteiger partial charge in [0.05, 0.1) is 49.3 Å². The van der Waals surface area contributed by atoms with E-state index in [4.69, 9.17) is 14.5 Å². The van der Waals surface area contributed by atoms with Crippen molar-refractivity contribution in [1.29, 1.82) is 0 Å². The van der Waals surface area contributed by atoms with Gasteiger partial charge < -0.3 is 19.8 Å². The Morgan fingerprint density at radius 1 is 1.21 bits per heavy atom. The molecule has 9 nitrogen and oxygen atoms in total. The van der Waals surface area contributed by atoms with E-state index in [0.717, 1.165) is 22.3 Å². The van der Waals surface area contributed by atoms with Crippen LogP contribution in [0.2, 0.25) is 0 Å². The number of fused-ring (bicyclic) bond motifs is 2. The maximum Gasteiger partial charge on any atom is 0.251 e. The molecule has 0 spiro atoms. The Kier molecular flexibility index (Phi) is 5.43. The van der Waals surface area contributed by atoms with E-state index < -0.39 is 0 Å². The van der Waals surface area contributed by atoms with Crippen molar-refractivity contribution in [3.8, 4) is 22.9 Å². The lowest BCUT2D eigenvalue weighted by molar-refractivity contribution is 0.0950. The number of amides is 1. The Labute approximate surface area is 189 Å². The minimum atomic E-state index is -0.216. The molecule has 0 saturated heterocycles. The third-order valence-electron chi connectivity index (χ3n) is 5.31. The molecule has 0 unspecified atom stereocenters. The molecule has 0 fully saturated rings. The normalized spacial score (nSPS) is 12.1. The van der Waals surface area contributed by atoms with Gasteiger partial charge in [-0.1, -0.05) is 0 Å². The molecule has 0 atom stereocenters. The van der Waals surface area contributed by atoms with Crippen LogP contribution in [0.3, 0.4) is 0 Å². The summed E-state index contributed by atoms with van der Waals surface area (Å²) >= 11 is 0. The highest BCUT2D eigenvalue weighted by molar-refractivity contribution is 5.99. The van der Waals surface area contributed by atoms with E-state index in [1.165, 1.54) is 0 Å². The van der Waals surface area contributed by atoms with E-state index in [0.29, 0.717) is 53.9 Å². The Morgan fingerprint density at radius 2 is 2.12 bits per heavy atom. The number of rotatable bonds is 7. The van der Waals surface area contributed by atoms with Crippen molar-refractivity contribution in [3.63, 3.8) is 0 Å². The molecule has 5 rings (SSSR count). The lowest BCUT2D eigenvalue weighted by Crippen LogP contribution is -2.23. The van der Waals surface area contributed by atoms with Gasteiger partial charge in [0.15, 0.2) is 0 Å². The number of methoxy groups -OCH3 is 1. The maximum absolute atomic E-state index is 12.8. The monoisotopic (exact) mass is 442 g/mol. The minimum Gasteiger partial charge on any atom is -0.493 e. The maximum atomic E-state index is 12.8. The lowest BCUT2D eigenvalue weighted by Gasteiger charge is -2.13. The fraction of sp³-hybridized carbons (Fsp3) is 0.208. The number of imidazole rings is 1. The van der Waals surface area contributed by atoms with Crippen LogP contribution in [0.4, 0.5) is 0 Å². The smallest absolute Gasteiger partial charge is 0.251 e. The van der Waals surface area contributed by atoms with Crippen LogP contribution in [0.5, 0.6) is 11.6 Å². The van der Waals surface area contributed by atoms with E-state index in [1.54, 1.807) is 31.7 Å². The number of aromatic amines is 1. The van der Waals surface area contributed by atoms with E-state index in [1.807, 2.05) is 31.2 Å². The van der Waals surface area contributed by atoms with Crippen molar-refractivity contribution >= 4 is 23.0 Å². The first-order valence-electron chi connectivity index (χ1n) is 10.6. The number of H-pyrrole nitrogens is 1. The molecule has 0 saturated carbocycles. The zero-order valence-corrected chi connectivity index (χ0v) is 18.3. The summed E-state index contributed by atoms with van der Waals surface area (Å²) in [4.78, 5) is 33.6. The lowest BCUT2D eigenvalue weighted by atomic mass is 10.1. The van der Waals surface area contributed by atoms with E-state index in [9.17, 15) is 4.79 Å². The summed E-state index contributed by atoms with van der Waals surface area (Å²) in [7, 11) is 1.57. The fourth-order valence-electron chi connectivity index (χ4n) is 3.78. The minimum absolute atomic E-state index is 0.216. The second-order valence-electron chi connectivity index (χ2n) is 7.43. The summed E-state index contributed by atoms with van der Waals surface area (Å²) in [6, 6.07) is 11.0. The van der Waals surface area contributed by atoms with Crippen LogP contribution in [0.15, 0.2) is 47.6 Å². The van der Waals surface area contributed by atoms with Crippen LogP contribution in [-0.2, 0) is 13.1 Å². The first-order valence-corrected chi connectivity index (χ1v) is 10.6. The molecule has 1 aliphatic rings. The molecule has 4 aromatic rings. The van der Waals surface area contributed by atoms with E-state index in [2.05, 4.69) is 25.3 Å². The molecule has 9 heteroatoms. The van der Waals surface area contributed by atoms with Gasteiger partial charge in [-0.05, 0) is 37.3 Å². The number of carbonyl (C=O) groups is 1. The number of aliphatic imine (C=N–C) groups is 1. The number of hydrogen-bond acceptors (Lipinski definition) is 7. The van der Waals surface area contributed by atoms with Gasteiger partial charge in [0, 0.05) is 29.4 Å². The van der Waals surface area contributed by atoms with Gasteiger partial charge in [-0.15, -0.1) is 0 Å². The fourth-order valence-corrected chi connectivity index (χ4v) is 3.78. The zero-order chi connectivity index (χ0) is 22.8. The van der Waals surface area contributed by atoms with Crippen LogP contribution in [0.1, 0.15) is 34.5 Å². The standard InChI is InChI=1S/C24H22N6O3/c1-3-33-21-10-18(16-5-4-8-26-24(16)32-2)28-17-9-14(6-7-15(17)21)23(31)27-13-22-29-19-11-25-12-20(19)30-22/h4-11H,3,12-13H2,1-2H3,(H,27,31)(H,29,30). The molecule has 0 bridgehead atoms. The molecule has 33 heavy (non-hydrogen) atoms. The summed E-state index contributed by atoms with van der Waals surface area (Å²) in [6.07, 6.45) is 3.40. The van der Waals surface area contributed by atoms with Gasteiger partial charge in [-0.2, -0.15) is 0 Å². The van der Waals surface area contributed by atoms with Gasteiger partial charge >= 0.3 is 0 Å². The molecule has 1 aliphatic heterocycles. The van der Waals surface area contributed by atoms with Gasteiger partial charge in [-0.3, -0.25) is 9.79 Å². The summed E-state index contributed by atoms with van der Waals surface area (Å²) in [5.41, 5.74) is 4.33. The predicted octanol–water partition coefficient (Wildman–Crippen LogP) is 3.29. The highest BCUT2D eigenvalue weighted by Crippen LogP contribution is 2.33. The van der Waals surface area contributed by atoms with Crippen LogP contribution in [0, 0.1) is 0 Å². The second kappa shape index (κ2) is 8.70. The first kappa shape index (κ1) is 20.6. The van der Waals surface area contributed by atoms with Crippen molar-refractivity contribution in [2.24, 2.45) is 4.99 Å². The van der Waals surface area contributed by atoms with Crippen molar-refractivity contribution in [2.45, 2.75) is 20.0 Å². The number of carbonyl (C=O) groups excluding carboxylic acids is 1. The van der Waals surface area contributed by atoms with Gasteiger partial charge in [-0.25, -0.2) is 15.0 Å². The Hall–Kier alpha value is -4.27. The third-order valence-corrected chi connectivity index (χ3v) is 5.31. The first-order chi connectivity index (χ1) is 16.2. The third kappa shape index (κ3) is 4.00. The second-order valence-corrected chi connectivity index (χ2v) is 7.43. The van der Waals surface area contributed by atoms with E-state index in [-0.39, 0.29) is 5.91 Å². The topological polar surface area (TPSA) is 114 Å². The van der Waals surface area contributed by atoms with Gasteiger partial charge in [0.1, 0.15) is 17.3 Å². The summed E-state index contributed by atoms with van der Waals surface area (Å²) in [5.74, 6) is 1.63. The SMILES string of the molecule is CCOc1cc(-c2cccnc2OC)nc2cc(C(=O)NCc3nc4c([nH]3)CN=C4)ccc12.